The van der Waals surface area contributed by atoms with Gasteiger partial charge in [0.2, 0.25) is 0 Å². The minimum Gasteiger partial charge on any atom is -0.544 e. The van der Waals surface area contributed by atoms with Gasteiger partial charge in [0.1, 0.15) is 5.97 Å². The molecule has 0 atom stereocenters. The molecule has 0 unspecified atom stereocenters. The van der Waals surface area contributed by atoms with Crippen LogP contribution in [0.15, 0.2) is 0 Å². The molecule has 0 aliphatic carbocycles. The fraction of sp³-hybridized carbons (Fsp3) is 0.833. The van der Waals surface area contributed by atoms with E-state index >= 15 is 0 Å². The summed E-state index contributed by atoms with van der Waals surface area (Å²) < 4.78 is 24.1. The monoisotopic (exact) mass is 174 g/mol. The molecule has 0 radical (unpaired) electrons. The smallest absolute Gasteiger partial charge is 0.544 e. The summed E-state index contributed by atoms with van der Waals surface area (Å²) in [7, 11) is 0. The van der Waals surface area contributed by atoms with Gasteiger partial charge in [-0.2, -0.15) is 0 Å². The second-order valence-corrected chi connectivity index (χ2v) is 2.10. The number of carbonyl (C=O) groups is 1. The van der Waals surface area contributed by atoms with Crippen LogP contribution in [0.3, 0.4) is 0 Å². The molecule has 5 heteroatoms. The molecule has 0 saturated carbocycles. The quantitative estimate of drug-likeness (QED) is 0.444. The fourth-order valence-corrected chi connectivity index (χ4v) is 0.501. The Kier molecular flexibility index (Phi) is 7.47. The summed E-state index contributed by atoms with van der Waals surface area (Å²) in [5.41, 5.74) is 0. The topological polar surface area (TPSA) is 40.1 Å². The van der Waals surface area contributed by atoms with Crippen molar-refractivity contribution in [2.45, 2.75) is 32.1 Å². The van der Waals surface area contributed by atoms with Crippen molar-refractivity contribution in [2.75, 3.05) is 0 Å². The predicted octanol–water partition coefficient (Wildman–Crippen LogP) is -2.43. The molecule has 0 amide bonds. The minimum atomic E-state index is -3.64. The number of unbranched alkanes of at least 4 members (excludes halogenated alkanes) is 1. The number of carboxylic acid groups (broad SMARTS) is 1. The maximum Gasteiger partial charge on any atom is 1.00 e. The molecule has 0 rings (SSSR count). The SMILES string of the molecule is CCCCC(F)(F)C(=O)[O-].[Na+]. The van der Waals surface area contributed by atoms with E-state index in [-0.39, 0.29) is 36.0 Å². The molecule has 0 aliphatic rings. The van der Waals surface area contributed by atoms with Crippen LogP contribution >= 0.6 is 0 Å². The van der Waals surface area contributed by atoms with Crippen LogP contribution in [-0.2, 0) is 4.79 Å². The fourth-order valence-electron chi connectivity index (χ4n) is 0.501. The van der Waals surface area contributed by atoms with E-state index in [0.717, 1.165) is 0 Å². The van der Waals surface area contributed by atoms with Crippen molar-refractivity contribution in [3.05, 3.63) is 0 Å². The van der Waals surface area contributed by atoms with Crippen molar-refractivity contribution in [3.8, 4) is 0 Å². The van der Waals surface area contributed by atoms with Gasteiger partial charge < -0.3 is 9.90 Å². The van der Waals surface area contributed by atoms with Crippen molar-refractivity contribution in [1.82, 2.24) is 0 Å². The molecule has 0 aromatic rings. The van der Waals surface area contributed by atoms with Gasteiger partial charge in [-0.3, -0.25) is 0 Å². The van der Waals surface area contributed by atoms with Crippen LogP contribution in [0.4, 0.5) is 8.78 Å². The molecule has 60 valence electrons. The van der Waals surface area contributed by atoms with Gasteiger partial charge in [-0.1, -0.05) is 13.3 Å². The molecule has 0 aromatic heterocycles. The Morgan fingerprint density at radius 2 is 2.00 bits per heavy atom. The van der Waals surface area contributed by atoms with E-state index in [1.165, 1.54) is 0 Å². The molecule has 0 bridgehead atoms. The number of alkyl halides is 2. The first-order chi connectivity index (χ1) is 4.50. The molecular formula is C6H9F2NaO2. The van der Waals surface area contributed by atoms with E-state index in [1.54, 1.807) is 6.92 Å². The summed E-state index contributed by atoms with van der Waals surface area (Å²) in [6.07, 6.45) is 0.148. The average molecular weight is 174 g/mol. The first-order valence-electron chi connectivity index (χ1n) is 3.10. The number of rotatable bonds is 4. The number of hydrogen-bond donors (Lipinski definition) is 0. The first-order valence-corrected chi connectivity index (χ1v) is 3.10. The van der Waals surface area contributed by atoms with E-state index in [0.29, 0.717) is 6.42 Å². The van der Waals surface area contributed by atoms with Crippen LogP contribution in [-0.4, -0.2) is 11.9 Å². The standard InChI is InChI=1S/C6H10F2O2.Na/c1-2-3-4-6(7,8)5(9)10;/h2-4H2,1H3,(H,9,10);/q;+1/p-1. The number of hydrogen-bond acceptors (Lipinski definition) is 2. The average Bonchev–Trinajstić information content (AvgIpc) is 1.84. The zero-order chi connectivity index (χ0) is 8.20. The molecule has 0 spiro atoms. The Morgan fingerprint density at radius 3 is 2.27 bits per heavy atom. The summed E-state index contributed by atoms with van der Waals surface area (Å²) in [5, 5.41) is 9.67. The predicted molar refractivity (Wildman–Crippen MR) is 29.5 cm³/mol. The van der Waals surface area contributed by atoms with Gasteiger partial charge in [0.25, 0.3) is 5.92 Å². The third-order valence-electron chi connectivity index (χ3n) is 1.14. The van der Waals surface area contributed by atoms with Crippen molar-refractivity contribution in [2.24, 2.45) is 0 Å². The molecule has 0 heterocycles. The summed E-state index contributed by atoms with van der Waals surface area (Å²) in [6.45, 7) is 1.71. The molecule has 2 nitrogen and oxygen atoms in total. The maximum atomic E-state index is 12.1. The van der Waals surface area contributed by atoms with E-state index in [2.05, 4.69) is 0 Å². The Balaban J connectivity index is 0. The second-order valence-electron chi connectivity index (χ2n) is 2.10. The van der Waals surface area contributed by atoms with Gasteiger partial charge in [0, 0.05) is 6.42 Å². The van der Waals surface area contributed by atoms with E-state index < -0.39 is 18.3 Å². The van der Waals surface area contributed by atoms with E-state index in [4.69, 9.17) is 0 Å². The third-order valence-corrected chi connectivity index (χ3v) is 1.14. The van der Waals surface area contributed by atoms with Crippen LogP contribution in [0.2, 0.25) is 0 Å². The zero-order valence-electron chi connectivity index (χ0n) is 6.69. The van der Waals surface area contributed by atoms with E-state index in [9.17, 15) is 18.7 Å². The van der Waals surface area contributed by atoms with Crippen molar-refractivity contribution in [3.63, 3.8) is 0 Å². The maximum absolute atomic E-state index is 12.1. The Morgan fingerprint density at radius 1 is 1.55 bits per heavy atom. The molecular weight excluding hydrogens is 165 g/mol. The van der Waals surface area contributed by atoms with Crippen LogP contribution in [0, 0.1) is 0 Å². The molecule has 0 saturated heterocycles. The Labute approximate surface area is 86.3 Å². The largest absolute Gasteiger partial charge is 1.00 e. The summed E-state index contributed by atoms with van der Waals surface area (Å²) in [4.78, 5) is 9.67. The first kappa shape index (κ1) is 13.9. The van der Waals surface area contributed by atoms with Crippen molar-refractivity contribution in [1.29, 1.82) is 0 Å². The Hall–Kier alpha value is 0.330. The number of aliphatic carboxylic acids is 1. The molecule has 0 fully saturated rings. The number of carboxylic acids is 1. The summed E-state index contributed by atoms with van der Waals surface area (Å²) >= 11 is 0. The molecule has 0 N–H and O–H groups in total. The van der Waals surface area contributed by atoms with Crippen molar-refractivity contribution >= 4 is 5.97 Å². The minimum absolute atomic E-state index is 0. The van der Waals surface area contributed by atoms with Crippen molar-refractivity contribution < 1.29 is 48.2 Å². The summed E-state index contributed by atoms with van der Waals surface area (Å²) in [6, 6.07) is 0. The molecule has 0 aliphatic heterocycles. The second kappa shape index (κ2) is 5.91. The van der Waals surface area contributed by atoms with Gasteiger partial charge >= 0.3 is 29.6 Å². The molecule has 0 aromatic carbocycles. The van der Waals surface area contributed by atoms with Crippen LogP contribution in [0.25, 0.3) is 0 Å². The number of carbonyl (C=O) groups excluding carboxylic acids is 1. The van der Waals surface area contributed by atoms with Gasteiger partial charge in [-0.15, -0.1) is 0 Å². The zero-order valence-corrected chi connectivity index (χ0v) is 8.69. The van der Waals surface area contributed by atoms with Gasteiger partial charge in [0.05, 0.1) is 0 Å². The van der Waals surface area contributed by atoms with E-state index in [1.807, 2.05) is 0 Å². The Bertz CT molecular complexity index is 128. The third kappa shape index (κ3) is 5.58. The summed E-state index contributed by atoms with van der Waals surface area (Å²) in [5.74, 6) is -5.92. The molecule has 11 heavy (non-hydrogen) atoms. The van der Waals surface area contributed by atoms with Crippen LogP contribution in [0.1, 0.15) is 26.2 Å². The van der Waals surface area contributed by atoms with Gasteiger partial charge in [-0.05, 0) is 6.42 Å². The normalized spacial score (nSPS) is 10.5. The van der Waals surface area contributed by atoms with Crippen LogP contribution < -0.4 is 34.7 Å². The van der Waals surface area contributed by atoms with Gasteiger partial charge in [0.15, 0.2) is 0 Å². The van der Waals surface area contributed by atoms with Crippen LogP contribution in [0.5, 0.6) is 0 Å². The van der Waals surface area contributed by atoms with Gasteiger partial charge in [-0.25, -0.2) is 8.78 Å². The number of halogens is 2.